The van der Waals surface area contributed by atoms with Gasteiger partial charge in [-0.05, 0) is 72.2 Å². The van der Waals surface area contributed by atoms with Crippen molar-refractivity contribution in [3.8, 4) is 23.0 Å². The Morgan fingerprint density at radius 2 is 1.39 bits per heavy atom. The molecular formula is C26H28O7. The molecule has 0 unspecified atom stereocenters. The van der Waals surface area contributed by atoms with E-state index in [2.05, 4.69) is 6.07 Å². The van der Waals surface area contributed by atoms with Crippen LogP contribution in [0.4, 0.5) is 0 Å². The maximum atomic E-state index is 12.2. The Kier molecular flexibility index (Phi) is 7.19. The van der Waals surface area contributed by atoms with Crippen LogP contribution in [-0.4, -0.2) is 40.5 Å². The summed E-state index contributed by atoms with van der Waals surface area (Å²) in [5.41, 5.74) is 2.28. The number of methoxy groups -OCH3 is 3. The van der Waals surface area contributed by atoms with Crippen molar-refractivity contribution in [1.29, 1.82) is 0 Å². The van der Waals surface area contributed by atoms with Gasteiger partial charge in [0.1, 0.15) is 0 Å². The van der Waals surface area contributed by atoms with Crippen LogP contribution in [0.5, 0.6) is 23.0 Å². The van der Waals surface area contributed by atoms with Crippen LogP contribution in [0.25, 0.3) is 0 Å². The topological polar surface area (TPSA) is 76.4 Å². The monoisotopic (exact) mass is 452 g/mol. The van der Waals surface area contributed by atoms with Gasteiger partial charge in [0.05, 0.1) is 40.8 Å². The first kappa shape index (κ1) is 22.7. The van der Waals surface area contributed by atoms with Crippen LogP contribution in [0.15, 0.2) is 59.2 Å². The average molecular weight is 453 g/mol. The molecule has 0 aliphatic carbocycles. The lowest BCUT2D eigenvalue weighted by molar-refractivity contribution is 0.0696. The Morgan fingerprint density at radius 1 is 0.818 bits per heavy atom. The highest BCUT2D eigenvalue weighted by molar-refractivity contribution is 5.88. The van der Waals surface area contributed by atoms with Crippen LogP contribution < -0.4 is 18.9 Å². The van der Waals surface area contributed by atoms with Gasteiger partial charge in [0.15, 0.2) is 23.0 Å². The molecule has 1 aromatic heterocycles. The van der Waals surface area contributed by atoms with E-state index < -0.39 is 5.97 Å². The molecule has 1 aliphatic heterocycles. The molecule has 1 aliphatic rings. The molecule has 0 saturated carbocycles. The third kappa shape index (κ3) is 5.31. The summed E-state index contributed by atoms with van der Waals surface area (Å²) in [4.78, 5) is 12.2. The van der Waals surface area contributed by atoms with E-state index in [0.717, 1.165) is 36.5 Å². The molecule has 0 radical (unpaired) electrons. The second-order valence-electron chi connectivity index (χ2n) is 8.01. The number of carbonyl (C=O) groups excluding carboxylic acids is 1. The molecule has 1 saturated heterocycles. The number of benzene rings is 2. The van der Waals surface area contributed by atoms with Gasteiger partial charge in [0.25, 0.3) is 0 Å². The van der Waals surface area contributed by atoms with Crippen molar-refractivity contribution in [3.63, 3.8) is 0 Å². The smallest absolute Gasteiger partial charge is 0.379 e. The normalized spacial score (nSPS) is 17.5. The van der Waals surface area contributed by atoms with E-state index in [1.54, 1.807) is 39.5 Å². The minimum atomic E-state index is -0.565. The number of rotatable bonds is 9. The maximum Gasteiger partial charge on any atom is 0.379 e. The summed E-state index contributed by atoms with van der Waals surface area (Å²) in [5.74, 6) is 2.63. The largest absolute Gasteiger partial charge is 0.493 e. The molecule has 2 aromatic carbocycles. The number of ether oxygens (including phenoxy) is 5. The van der Waals surface area contributed by atoms with Crippen LogP contribution in [0.2, 0.25) is 0 Å². The standard InChI is InChI=1S/C26H28O7/c1-28-21-8-6-17(13-24(21)29-2)11-19-15-31-16-20(19)12-18-7-9-22(25(14-18)30-3)33-26(27)23-5-4-10-32-23/h4-10,13-14,19-20H,11-12,15-16H2,1-3H3/t19-,20-/m0/s1. The lowest BCUT2D eigenvalue weighted by Crippen LogP contribution is -2.18. The van der Waals surface area contributed by atoms with Crippen LogP contribution >= 0.6 is 0 Å². The molecule has 3 aromatic rings. The summed E-state index contributed by atoms with van der Waals surface area (Å²) in [5, 5.41) is 0. The van der Waals surface area contributed by atoms with E-state index in [0.29, 0.717) is 29.9 Å². The Balaban J connectivity index is 1.43. The lowest BCUT2D eigenvalue weighted by atomic mass is 9.85. The SMILES string of the molecule is COc1ccc(C[C@H]2COC[C@@H]2Cc2ccc(OC(=O)c3ccco3)c(OC)c2)cc1OC. The summed E-state index contributed by atoms with van der Waals surface area (Å²) < 4.78 is 32.6. The Hall–Kier alpha value is -3.45. The fourth-order valence-corrected chi connectivity index (χ4v) is 4.18. The molecule has 7 heteroatoms. The molecule has 7 nitrogen and oxygen atoms in total. The van der Waals surface area contributed by atoms with Crippen LogP contribution in [0.1, 0.15) is 21.7 Å². The van der Waals surface area contributed by atoms with Gasteiger partial charge in [-0.1, -0.05) is 12.1 Å². The molecule has 1 fully saturated rings. The van der Waals surface area contributed by atoms with E-state index in [9.17, 15) is 4.79 Å². The zero-order valence-electron chi connectivity index (χ0n) is 19.0. The van der Waals surface area contributed by atoms with E-state index in [-0.39, 0.29) is 5.76 Å². The predicted octanol–water partition coefficient (Wildman–Crippen LogP) is 4.57. The minimum absolute atomic E-state index is 0.141. The van der Waals surface area contributed by atoms with Gasteiger partial charge in [0, 0.05) is 0 Å². The predicted molar refractivity (Wildman–Crippen MR) is 121 cm³/mol. The van der Waals surface area contributed by atoms with Crippen molar-refractivity contribution in [2.24, 2.45) is 11.8 Å². The third-order valence-electron chi connectivity index (χ3n) is 5.93. The zero-order valence-corrected chi connectivity index (χ0v) is 19.0. The van der Waals surface area contributed by atoms with Gasteiger partial charge in [0.2, 0.25) is 5.76 Å². The highest BCUT2D eigenvalue weighted by Gasteiger charge is 2.29. The zero-order chi connectivity index (χ0) is 23.2. The Bertz CT molecular complexity index is 1070. The van der Waals surface area contributed by atoms with Gasteiger partial charge in [-0.25, -0.2) is 4.79 Å². The summed E-state index contributed by atoms with van der Waals surface area (Å²) in [6, 6.07) is 14.9. The van der Waals surface area contributed by atoms with E-state index in [1.807, 2.05) is 24.3 Å². The van der Waals surface area contributed by atoms with Crippen LogP contribution in [0.3, 0.4) is 0 Å². The van der Waals surface area contributed by atoms with Crippen molar-refractivity contribution in [3.05, 3.63) is 71.7 Å². The highest BCUT2D eigenvalue weighted by atomic mass is 16.6. The van der Waals surface area contributed by atoms with Gasteiger partial charge in [-0.3, -0.25) is 0 Å². The number of carbonyl (C=O) groups is 1. The quantitative estimate of drug-likeness (QED) is 0.348. The van der Waals surface area contributed by atoms with Gasteiger partial charge in [-0.2, -0.15) is 0 Å². The summed E-state index contributed by atoms with van der Waals surface area (Å²) in [6.07, 6.45) is 3.15. The number of furan rings is 1. The third-order valence-corrected chi connectivity index (χ3v) is 5.93. The second kappa shape index (κ2) is 10.4. The molecule has 2 atom stereocenters. The molecule has 0 amide bonds. The summed E-state index contributed by atoms with van der Waals surface area (Å²) in [7, 11) is 4.84. The molecule has 0 N–H and O–H groups in total. The maximum absolute atomic E-state index is 12.2. The average Bonchev–Trinajstić information content (AvgIpc) is 3.52. The first-order chi connectivity index (χ1) is 16.1. The second-order valence-corrected chi connectivity index (χ2v) is 8.01. The first-order valence-electron chi connectivity index (χ1n) is 10.8. The van der Waals surface area contributed by atoms with Gasteiger partial charge >= 0.3 is 5.97 Å². The van der Waals surface area contributed by atoms with Crippen molar-refractivity contribution in [2.75, 3.05) is 34.5 Å². The van der Waals surface area contributed by atoms with Crippen molar-refractivity contribution >= 4 is 5.97 Å². The number of hydrogen-bond donors (Lipinski definition) is 0. The summed E-state index contributed by atoms with van der Waals surface area (Å²) in [6.45, 7) is 1.42. The fourth-order valence-electron chi connectivity index (χ4n) is 4.18. The van der Waals surface area contributed by atoms with E-state index in [4.69, 9.17) is 28.1 Å². The molecule has 0 bridgehead atoms. The number of hydrogen-bond acceptors (Lipinski definition) is 7. The van der Waals surface area contributed by atoms with E-state index >= 15 is 0 Å². The molecular weight excluding hydrogens is 424 g/mol. The van der Waals surface area contributed by atoms with Crippen molar-refractivity contribution in [2.45, 2.75) is 12.8 Å². The molecule has 4 rings (SSSR count). The Morgan fingerprint density at radius 3 is 1.94 bits per heavy atom. The molecule has 174 valence electrons. The lowest BCUT2D eigenvalue weighted by Gasteiger charge is -2.19. The fraction of sp³-hybridized carbons (Fsp3) is 0.346. The van der Waals surface area contributed by atoms with Crippen LogP contribution in [0, 0.1) is 11.8 Å². The highest BCUT2D eigenvalue weighted by Crippen LogP contribution is 2.34. The molecule has 2 heterocycles. The van der Waals surface area contributed by atoms with Gasteiger partial charge < -0.3 is 28.1 Å². The first-order valence-corrected chi connectivity index (χ1v) is 10.8. The Labute approximate surface area is 193 Å². The minimum Gasteiger partial charge on any atom is -0.493 e. The van der Waals surface area contributed by atoms with Gasteiger partial charge in [-0.15, -0.1) is 0 Å². The van der Waals surface area contributed by atoms with E-state index in [1.165, 1.54) is 11.8 Å². The summed E-state index contributed by atoms with van der Waals surface area (Å²) >= 11 is 0. The molecule has 0 spiro atoms. The van der Waals surface area contributed by atoms with Crippen molar-refractivity contribution < 1.29 is 32.9 Å². The van der Waals surface area contributed by atoms with Crippen LogP contribution in [-0.2, 0) is 17.6 Å². The number of esters is 1. The van der Waals surface area contributed by atoms with Crippen molar-refractivity contribution in [1.82, 2.24) is 0 Å². The molecule has 33 heavy (non-hydrogen) atoms.